The van der Waals surface area contributed by atoms with Gasteiger partial charge in [-0.3, -0.25) is 9.98 Å². The lowest BCUT2D eigenvalue weighted by Gasteiger charge is -2.29. The van der Waals surface area contributed by atoms with Crippen molar-refractivity contribution in [3.05, 3.63) is 42.4 Å². The lowest BCUT2D eigenvalue weighted by molar-refractivity contribution is -0.124. The largest absolute Gasteiger partial charge is 0.360 e. The van der Waals surface area contributed by atoms with E-state index in [1.165, 1.54) is 0 Å². The number of aliphatic hydroxyl groups is 2. The summed E-state index contributed by atoms with van der Waals surface area (Å²) in [6.07, 6.45) is 4.81. The molecule has 15 heavy (non-hydrogen) atoms. The molecule has 0 bridgehead atoms. The maximum atomic E-state index is 9.89. The van der Waals surface area contributed by atoms with Gasteiger partial charge in [0.1, 0.15) is 5.71 Å². The SMILES string of the molecule is CC1C=CN=C(c2ccccn2)C1(O)O. The van der Waals surface area contributed by atoms with Crippen LogP contribution in [0, 0.1) is 5.92 Å². The van der Waals surface area contributed by atoms with Gasteiger partial charge in [-0.25, -0.2) is 0 Å². The van der Waals surface area contributed by atoms with Crippen molar-refractivity contribution in [2.75, 3.05) is 0 Å². The summed E-state index contributed by atoms with van der Waals surface area (Å²) in [5.74, 6) is -2.34. The molecule has 4 nitrogen and oxygen atoms in total. The van der Waals surface area contributed by atoms with E-state index in [0.717, 1.165) is 0 Å². The van der Waals surface area contributed by atoms with E-state index in [0.29, 0.717) is 5.69 Å². The van der Waals surface area contributed by atoms with Crippen molar-refractivity contribution in [1.82, 2.24) is 4.98 Å². The lowest BCUT2D eigenvalue weighted by atomic mass is 9.92. The first kappa shape index (κ1) is 10.0. The molecule has 1 aromatic heterocycles. The molecule has 0 saturated carbocycles. The molecule has 0 spiro atoms. The first-order valence-corrected chi connectivity index (χ1v) is 4.73. The van der Waals surface area contributed by atoms with Crippen molar-refractivity contribution < 1.29 is 10.2 Å². The van der Waals surface area contributed by atoms with Crippen molar-refractivity contribution in [3.8, 4) is 0 Å². The van der Waals surface area contributed by atoms with Crippen molar-refractivity contribution in [3.63, 3.8) is 0 Å². The molecule has 1 aromatic rings. The fourth-order valence-corrected chi connectivity index (χ4v) is 1.45. The van der Waals surface area contributed by atoms with Crippen LogP contribution >= 0.6 is 0 Å². The molecule has 4 heteroatoms. The van der Waals surface area contributed by atoms with E-state index >= 15 is 0 Å². The highest BCUT2D eigenvalue weighted by Crippen LogP contribution is 2.24. The quantitative estimate of drug-likeness (QED) is 0.662. The monoisotopic (exact) mass is 204 g/mol. The standard InChI is InChI=1S/C11H12N2O2/c1-8-5-7-13-10(11(8,14)15)9-4-2-3-6-12-9/h2-8,14-15H,1H3. The third-order valence-corrected chi connectivity index (χ3v) is 2.47. The number of pyridine rings is 1. The van der Waals surface area contributed by atoms with Gasteiger partial charge in [0.25, 0.3) is 0 Å². The number of aliphatic imine (C=N–C) groups is 1. The maximum absolute atomic E-state index is 9.89. The van der Waals surface area contributed by atoms with E-state index in [1.54, 1.807) is 43.6 Å². The summed E-state index contributed by atoms with van der Waals surface area (Å²) in [5, 5.41) is 19.8. The van der Waals surface area contributed by atoms with Crippen molar-refractivity contribution in [2.45, 2.75) is 12.7 Å². The molecule has 1 unspecified atom stereocenters. The Balaban J connectivity index is 2.45. The fraction of sp³-hybridized carbons (Fsp3) is 0.273. The molecule has 1 aliphatic rings. The number of nitrogens with zero attached hydrogens (tertiary/aromatic N) is 2. The van der Waals surface area contributed by atoms with Crippen molar-refractivity contribution in [1.29, 1.82) is 0 Å². The normalized spacial score (nSPS) is 23.7. The average molecular weight is 204 g/mol. The molecule has 0 amide bonds. The van der Waals surface area contributed by atoms with Gasteiger partial charge in [-0.15, -0.1) is 0 Å². The molecular formula is C11H12N2O2. The predicted molar refractivity (Wildman–Crippen MR) is 56.2 cm³/mol. The zero-order valence-electron chi connectivity index (χ0n) is 8.33. The van der Waals surface area contributed by atoms with Gasteiger partial charge in [0.15, 0.2) is 0 Å². The highest BCUT2D eigenvalue weighted by atomic mass is 16.5. The molecule has 1 atom stereocenters. The Morgan fingerprint density at radius 3 is 2.80 bits per heavy atom. The summed E-state index contributed by atoms with van der Waals surface area (Å²) in [5.41, 5.74) is 0.678. The lowest BCUT2D eigenvalue weighted by Crippen LogP contribution is -2.46. The second-order valence-electron chi connectivity index (χ2n) is 3.55. The van der Waals surface area contributed by atoms with Gasteiger partial charge in [-0.1, -0.05) is 19.1 Å². The number of aromatic nitrogens is 1. The van der Waals surface area contributed by atoms with Crippen LogP contribution in [-0.4, -0.2) is 26.7 Å². The van der Waals surface area contributed by atoms with Crippen LogP contribution in [-0.2, 0) is 0 Å². The number of rotatable bonds is 1. The number of hydrogen-bond acceptors (Lipinski definition) is 4. The van der Waals surface area contributed by atoms with Gasteiger partial charge in [0.05, 0.1) is 5.69 Å². The Labute approximate surface area is 87.6 Å². The van der Waals surface area contributed by atoms with E-state index < -0.39 is 11.7 Å². The molecule has 2 rings (SSSR count). The van der Waals surface area contributed by atoms with Crippen LogP contribution in [0.2, 0.25) is 0 Å². The molecule has 2 heterocycles. The second kappa shape index (κ2) is 3.56. The molecule has 78 valence electrons. The molecule has 0 aromatic carbocycles. The van der Waals surface area contributed by atoms with Gasteiger partial charge in [-0.2, -0.15) is 0 Å². The highest BCUT2D eigenvalue weighted by Gasteiger charge is 2.38. The average Bonchev–Trinajstić information content (AvgIpc) is 2.23. The van der Waals surface area contributed by atoms with E-state index in [4.69, 9.17) is 0 Å². The van der Waals surface area contributed by atoms with Crippen LogP contribution in [0.1, 0.15) is 12.6 Å². The third kappa shape index (κ3) is 1.69. The summed E-state index contributed by atoms with van der Waals surface area (Å²) in [4.78, 5) is 8.02. The number of hydrogen-bond donors (Lipinski definition) is 2. The Hall–Kier alpha value is -1.52. The summed E-state index contributed by atoms with van der Waals surface area (Å²) >= 11 is 0. The van der Waals surface area contributed by atoms with Crippen LogP contribution in [0.15, 0.2) is 41.7 Å². The van der Waals surface area contributed by atoms with Gasteiger partial charge >= 0.3 is 0 Å². The molecular weight excluding hydrogens is 192 g/mol. The van der Waals surface area contributed by atoms with E-state index in [9.17, 15) is 10.2 Å². The Bertz CT molecular complexity index is 410. The molecule has 0 saturated heterocycles. The minimum Gasteiger partial charge on any atom is -0.360 e. The smallest absolute Gasteiger partial charge is 0.215 e. The highest BCUT2D eigenvalue weighted by molar-refractivity contribution is 6.05. The minimum atomic E-state index is -1.94. The zero-order valence-corrected chi connectivity index (χ0v) is 8.33. The van der Waals surface area contributed by atoms with Crippen LogP contribution in [0.25, 0.3) is 0 Å². The Morgan fingerprint density at radius 1 is 1.33 bits per heavy atom. The Kier molecular flexibility index (Phi) is 2.38. The van der Waals surface area contributed by atoms with Gasteiger partial charge < -0.3 is 10.2 Å². The molecule has 2 N–H and O–H groups in total. The molecule has 1 aliphatic heterocycles. The van der Waals surface area contributed by atoms with Gasteiger partial charge in [0.2, 0.25) is 5.79 Å². The fourth-order valence-electron chi connectivity index (χ4n) is 1.45. The van der Waals surface area contributed by atoms with Crippen molar-refractivity contribution >= 4 is 5.71 Å². The predicted octanol–water partition coefficient (Wildman–Crippen LogP) is 0.715. The second-order valence-corrected chi connectivity index (χ2v) is 3.55. The summed E-state index contributed by atoms with van der Waals surface area (Å²) in [7, 11) is 0. The maximum Gasteiger partial charge on any atom is 0.215 e. The van der Waals surface area contributed by atoms with E-state index in [2.05, 4.69) is 9.98 Å². The van der Waals surface area contributed by atoms with E-state index in [-0.39, 0.29) is 5.71 Å². The third-order valence-electron chi connectivity index (χ3n) is 2.47. The summed E-state index contributed by atoms with van der Waals surface area (Å²) in [6, 6.07) is 5.25. The molecule has 0 fully saturated rings. The van der Waals surface area contributed by atoms with E-state index in [1.807, 2.05) is 0 Å². The minimum absolute atomic E-state index is 0.193. The summed E-state index contributed by atoms with van der Waals surface area (Å²) in [6.45, 7) is 1.72. The van der Waals surface area contributed by atoms with Crippen LogP contribution in [0.3, 0.4) is 0 Å². The zero-order chi connectivity index (χ0) is 10.9. The first-order valence-electron chi connectivity index (χ1n) is 4.73. The Morgan fingerprint density at radius 2 is 2.13 bits per heavy atom. The molecule has 0 aliphatic carbocycles. The van der Waals surface area contributed by atoms with Crippen molar-refractivity contribution in [2.24, 2.45) is 10.9 Å². The first-order chi connectivity index (χ1) is 7.12. The van der Waals surface area contributed by atoms with Crippen LogP contribution in [0.4, 0.5) is 0 Å². The van der Waals surface area contributed by atoms with Crippen LogP contribution in [0.5, 0.6) is 0 Å². The molecule has 0 radical (unpaired) electrons. The topological polar surface area (TPSA) is 65.7 Å². The van der Waals surface area contributed by atoms with Gasteiger partial charge in [-0.05, 0) is 12.1 Å². The van der Waals surface area contributed by atoms with Crippen LogP contribution < -0.4 is 0 Å². The van der Waals surface area contributed by atoms with Gasteiger partial charge in [0, 0.05) is 18.3 Å². The summed E-state index contributed by atoms with van der Waals surface area (Å²) < 4.78 is 0.